The Balaban J connectivity index is 3.12. The Morgan fingerprint density at radius 1 is 1.29 bits per heavy atom. The van der Waals surface area contributed by atoms with E-state index in [1.165, 1.54) is 0 Å². The highest BCUT2D eigenvalue weighted by molar-refractivity contribution is 5.39. The number of hydrogen-bond acceptors (Lipinski definition) is 2. The molecule has 0 aliphatic heterocycles. The van der Waals surface area contributed by atoms with Gasteiger partial charge in [-0.05, 0) is 32.1 Å². The molecule has 1 rings (SSSR count). The van der Waals surface area contributed by atoms with E-state index in [-0.39, 0.29) is 5.41 Å². The third kappa shape index (κ3) is 3.48. The highest BCUT2D eigenvalue weighted by Gasteiger charge is 2.20. The van der Waals surface area contributed by atoms with Gasteiger partial charge < -0.3 is 10.3 Å². The summed E-state index contributed by atoms with van der Waals surface area (Å²) in [5, 5.41) is 0. The molecule has 0 atom stereocenters. The molecular formula is C14H27N3. The van der Waals surface area contributed by atoms with E-state index < -0.39 is 0 Å². The second-order valence-corrected chi connectivity index (χ2v) is 6.31. The van der Waals surface area contributed by atoms with E-state index in [4.69, 9.17) is 10.7 Å². The fourth-order valence-corrected chi connectivity index (χ4v) is 2.15. The lowest BCUT2D eigenvalue weighted by molar-refractivity contribution is 0.407. The Kier molecular flexibility index (Phi) is 4.23. The van der Waals surface area contributed by atoms with Crippen LogP contribution in [0.15, 0.2) is 0 Å². The van der Waals surface area contributed by atoms with Crippen LogP contribution in [0.25, 0.3) is 0 Å². The van der Waals surface area contributed by atoms with Crippen molar-refractivity contribution in [3.8, 4) is 0 Å². The van der Waals surface area contributed by atoms with E-state index in [2.05, 4.69) is 46.1 Å². The minimum absolute atomic E-state index is 0.230. The molecular weight excluding hydrogens is 210 g/mol. The van der Waals surface area contributed by atoms with Crippen molar-refractivity contribution in [3.63, 3.8) is 0 Å². The molecule has 0 saturated carbocycles. The first-order valence-corrected chi connectivity index (χ1v) is 6.61. The number of hydrogen-bond donors (Lipinski definition) is 1. The summed E-state index contributed by atoms with van der Waals surface area (Å²) in [6, 6.07) is 0.387. The number of aromatic nitrogens is 2. The van der Waals surface area contributed by atoms with Gasteiger partial charge in [-0.1, -0.05) is 27.7 Å². The van der Waals surface area contributed by atoms with Gasteiger partial charge in [-0.15, -0.1) is 0 Å². The summed E-state index contributed by atoms with van der Waals surface area (Å²) in [7, 11) is 0. The largest absolute Gasteiger partial charge is 0.384 e. The molecule has 98 valence electrons. The number of nitrogen functional groups attached to an aromatic ring is 1. The van der Waals surface area contributed by atoms with Crippen molar-refractivity contribution < 1.29 is 0 Å². The predicted octanol–water partition coefficient (Wildman–Crippen LogP) is 3.59. The summed E-state index contributed by atoms with van der Waals surface area (Å²) in [5.74, 6) is 2.00. The first-order valence-electron chi connectivity index (χ1n) is 6.61. The molecule has 0 fully saturated rings. The highest BCUT2D eigenvalue weighted by atomic mass is 15.2. The van der Waals surface area contributed by atoms with E-state index in [9.17, 15) is 0 Å². The van der Waals surface area contributed by atoms with Gasteiger partial charge in [-0.3, -0.25) is 0 Å². The zero-order valence-corrected chi connectivity index (χ0v) is 12.2. The van der Waals surface area contributed by atoms with Gasteiger partial charge in [0.25, 0.3) is 0 Å². The van der Waals surface area contributed by atoms with Crippen LogP contribution < -0.4 is 5.73 Å². The second kappa shape index (κ2) is 5.11. The predicted molar refractivity (Wildman–Crippen MR) is 74.2 cm³/mol. The second-order valence-electron chi connectivity index (χ2n) is 6.31. The number of imidazole rings is 1. The number of nitrogens with zero attached hydrogens (tertiary/aromatic N) is 2. The Morgan fingerprint density at radius 3 is 2.29 bits per heavy atom. The fraction of sp³-hybridized carbons (Fsp3) is 0.786. The maximum Gasteiger partial charge on any atom is 0.127 e. The van der Waals surface area contributed by atoms with Crippen molar-refractivity contribution in [1.82, 2.24) is 9.55 Å². The van der Waals surface area contributed by atoms with Crippen molar-refractivity contribution in [2.45, 2.75) is 66.8 Å². The summed E-state index contributed by atoms with van der Waals surface area (Å²) in [6.45, 7) is 13.2. The SMILES string of the molecule is CCCc1nc(CC(C)(C)C)c(N)n1C(C)C. The van der Waals surface area contributed by atoms with Gasteiger partial charge in [0.15, 0.2) is 0 Å². The molecule has 1 aromatic rings. The van der Waals surface area contributed by atoms with Crippen LogP contribution in [-0.2, 0) is 12.8 Å². The summed E-state index contributed by atoms with van der Waals surface area (Å²) in [6.07, 6.45) is 3.06. The zero-order chi connectivity index (χ0) is 13.2. The molecule has 0 bridgehead atoms. The minimum Gasteiger partial charge on any atom is -0.384 e. The molecule has 1 heterocycles. The van der Waals surface area contributed by atoms with E-state index in [0.717, 1.165) is 36.6 Å². The average molecular weight is 237 g/mol. The molecule has 0 aromatic carbocycles. The lowest BCUT2D eigenvalue weighted by Gasteiger charge is -2.17. The summed E-state index contributed by atoms with van der Waals surface area (Å²) < 4.78 is 2.19. The highest BCUT2D eigenvalue weighted by Crippen LogP contribution is 2.27. The number of rotatable bonds is 4. The molecule has 0 spiro atoms. The molecule has 0 saturated heterocycles. The van der Waals surface area contributed by atoms with Crippen LogP contribution in [0.1, 0.15) is 65.5 Å². The molecule has 17 heavy (non-hydrogen) atoms. The first kappa shape index (κ1) is 14.1. The van der Waals surface area contributed by atoms with E-state index in [1.54, 1.807) is 0 Å². The number of nitrogens with two attached hydrogens (primary N) is 1. The Bertz CT molecular complexity index is 370. The minimum atomic E-state index is 0.230. The summed E-state index contributed by atoms with van der Waals surface area (Å²) in [5.41, 5.74) is 7.54. The van der Waals surface area contributed by atoms with Crippen LogP contribution >= 0.6 is 0 Å². The Hall–Kier alpha value is -0.990. The monoisotopic (exact) mass is 237 g/mol. The van der Waals surface area contributed by atoms with Crippen molar-refractivity contribution in [2.24, 2.45) is 5.41 Å². The van der Waals surface area contributed by atoms with E-state index in [1.807, 2.05) is 0 Å². The lowest BCUT2D eigenvalue weighted by atomic mass is 9.90. The molecule has 0 aliphatic rings. The van der Waals surface area contributed by atoms with Gasteiger partial charge in [0, 0.05) is 12.5 Å². The van der Waals surface area contributed by atoms with Gasteiger partial charge in [0.2, 0.25) is 0 Å². The molecule has 2 N–H and O–H groups in total. The number of anilines is 1. The first-order chi connectivity index (χ1) is 7.76. The quantitative estimate of drug-likeness (QED) is 0.869. The average Bonchev–Trinajstić information content (AvgIpc) is 2.41. The van der Waals surface area contributed by atoms with Crippen LogP contribution in [-0.4, -0.2) is 9.55 Å². The molecule has 3 heteroatoms. The normalized spacial score (nSPS) is 12.4. The fourth-order valence-electron chi connectivity index (χ4n) is 2.15. The number of aryl methyl sites for hydroxylation is 1. The molecule has 1 aromatic heterocycles. The Labute approximate surface area is 105 Å². The molecule has 0 aliphatic carbocycles. The lowest BCUT2D eigenvalue weighted by Crippen LogP contribution is -2.12. The molecule has 0 unspecified atom stereocenters. The Morgan fingerprint density at radius 2 is 1.88 bits per heavy atom. The van der Waals surface area contributed by atoms with Gasteiger partial charge in [-0.25, -0.2) is 4.98 Å². The van der Waals surface area contributed by atoms with Gasteiger partial charge >= 0.3 is 0 Å². The summed E-state index contributed by atoms with van der Waals surface area (Å²) in [4.78, 5) is 4.74. The van der Waals surface area contributed by atoms with Gasteiger partial charge in [-0.2, -0.15) is 0 Å². The van der Waals surface area contributed by atoms with Crippen molar-refractivity contribution in [1.29, 1.82) is 0 Å². The molecule has 3 nitrogen and oxygen atoms in total. The van der Waals surface area contributed by atoms with Crippen molar-refractivity contribution >= 4 is 5.82 Å². The standard InChI is InChI=1S/C14H27N3/c1-7-8-12-16-11(9-14(4,5)6)13(15)17(12)10(2)3/h10H,7-9,15H2,1-6H3. The van der Waals surface area contributed by atoms with E-state index >= 15 is 0 Å². The van der Waals surface area contributed by atoms with Crippen LogP contribution in [0.2, 0.25) is 0 Å². The van der Waals surface area contributed by atoms with Crippen LogP contribution in [0.5, 0.6) is 0 Å². The van der Waals surface area contributed by atoms with Gasteiger partial charge in [0.05, 0.1) is 5.69 Å². The van der Waals surface area contributed by atoms with Gasteiger partial charge in [0.1, 0.15) is 11.6 Å². The third-order valence-corrected chi connectivity index (χ3v) is 2.79. The smallest absolute Gasteiger partial charge is 0.127 e. The van der Waals surface area contributed by atoms with E-state index in [0.29, 0.717) is 6.04 Å². The van der Waals surface area contributed by atoms with Crippen LogP contribution in [0.3, 0.4) is 0 Å². The molecule has 0 amide bonds. The maximum atomic E-state index is 6.24. The summed E-state index contributed by atoms with van der Waals surface area (Å²) >= 11 is 0. The van der Waals surface area contributed by atoms with Crippen molar-refractivity contribution in [3.05, 3.63) is 11.5 Å². The zero-order valence-electron chi connectivity index (χ0n) is 12.2. The third-order valence-electron chi connectivity index (χ3n) is 2.79. The molecule has 0 radical (unpaired) electrons. The van der Waals surface area contributed by atoms with Crippen LogP contribution in [0, 0.1) is 5.41 Å². The van der Waals surface area contributed by atoms with Crippen molar-refractivity contribution in [2.75, 3.05) is 5.73 Å². The topological polar surface area (TPSA) is 43.8 Å². The van der Waals surface area contributed by atoms with Crippen LogP contribution in [0.4, 0.5) is 5.82 Å². The maximum absolute atomic E-state index is 6.24.